The van der Waals surface area contributed by atoms with Crippen molar-refractivity contribution in [3.8, 4) is 0 Å². The normalized spacial score (nSPS) is 16.8. The zero-order valence-corrected chi connectivity index (χ0v) is 20.2. The summed E-state index contributed by atoms with van der Waals surface area (Å²) in [7, 11) is -1.73. The third-order valence-corrected chi connectivity index (χ3v) is 9.32. The molecule has 0 unspecified atom stereocenters. The molecule has 4 rings (SSSR count). The van der Waals surface area contributed by atoms with Crippen LogP contribution >= 0.6 is 34.5 Å². The Morgan fingerprint density at radius 2 is 1.74 bits per heavy atom. The molecule has 6 nitrogen and oxygen atoms in total. The average molecular weight is 498 g/mol. The van der Waals surface area contributed by atoms with E-state index in [-0.39, 0.29) is 29.8 Å². The molecule has 3 aromatic rings. The van der Waals surface area contributed by atoms with Gasteiger partial charge in [0.25, 0.3) is 5.91 Å². The number of benzene rings is 2. The Hall–Kier alpha value is -1.71. The number of nitrogens with zero attached hydrogens (tertiary/aromatic N) is 3. The van der Waals surface area contributed by atoms with Crippen LogP contribution in [0.3, 0.4) is 0 Å². The predicted octanol–water partition coefficient (Wildman–Crippen LogP) is 4.38. The first-order valence-corrected chi connectivity index (χ1v) is 12.8. The van der Waals surface area contributed by atoms with Crippen LogP contribution in [-0.2, 0) is 21.9 Å². The number of hydrogen-bond acceptors (Lipinski definition) is 4. The summed E-state index contributed by atoms with van der Waals surface area (Å²) < 4.78 is 29.9. The topological polar surface area (TPSA) is 71.7 Å². The van der Waals surface area contributed by atoms with Crippen LogP contribution < -0.4 is 4.80 Å². The van der Waals surface area contributed by atoms with Crippen molar-refractivity contribution < 1.29 is 13.2 Å². The predicted molar refractivity (Wildman–Crippen MR) is 124 cm³/mol. The fourth-order valence-corrected chi connectivity index (χ4v) is 6.77. The molecule has 2 aromatic carbocycles. The van der Waals surface area contributed by atoms with E-state index in [2.05, 4.69) is 4.99 Å². The molecule has 31 heavy (non-hydrogen) atoms. The first kappa shape index (κ1) is 22.5. The van der Waals surface area contributed by atoms with Crippen molar-refractivity contribution in [1.29, 1.82) is 0 Å². The number of amides is 1. The maximum atomic E-state index is 12.8. The first-order valence-electron chi connectivity index (χ1n) is 9.77. The lowest BCUT2D eigenvalue weighted by atomic mass is 9.98. The van der Waals surface area contributed by atoms with Crippen LogP contribution in [0.4, 0.5) is 0 Å². The van der Waals surface area contributed by atoms with Crippen molar-refractivity contribution in [2.24, 2.45) is 18.0 Å². The number of piperidine rings is 1. The number of carbonyl (C=O) groups excluding carboxylic acids is 1. The molecule has 2 heterocycles. The van der Waals surface area contributed by atoms with Crippen LogP contribution in [0.25, 0.3) is 10.2 Å². The minimum atomic E-state index is -3.60. The lowest BCUT2D eigenvalue weighted by Gasteiger charge is -2.29. The number of aromatic nitrogens is 1. The van der Waals surface area contributed by atoms with Crippen LogP contribution in [0.5, 0.6) is 0 Å². The van der Waals surface area contributed by atoms with Crippen molar-refractivity contribution >= 4 is 60.7 Å². The Morgan fingerprint density at radius 1 is 1.10 bits per heavy atom. The summed E-state index contributed by atoms with van der Waals surface area (Å²) in [5.74, 6) is -0.530. The number of sulfonamides is 1. The minimum absolute atomic E-state index is 0.205. The highest BCUT2D eigenvalue weighted by molar-refractivity contribution is 7.89. The molecule has 1 aromatic heterocycles. The molecule has 1 aliphatic heterocycles. The van der Waals surface area contributed by atoms with E-state index in [9.17, 15) is 13.2 Å². The summed E-state index contributed by atoms with van der Waals surface area (Å²) in [6, 6.07) is 9.90. The number of thiazole rings is 1. The quantitative estimate of drug-likeness (QED) is 0.538. The van der Waals surface area contributed by atoms with Gasteiger partial charge in [0.2, 0.25) is 10.0 Å². The lowest BCUT2D eigenvalue weighted by Crippen LogP contribution is -2.40. The van der Waals surface area contributed by atoms with Gasteiger partial charge in [-0.2, -0.15) is 9.30 Å². The second-order valence-corrected chi connectivity index (χ2v) is 11.3. The first-order chi connectivity index (χ1) is 14.7. The van der Waals surface area contributed by atoms with Crippen molar-refractivity contribution in [1.82, 2.24) is 8.87 Å². The lowest BCUT2D eigenvalue weighted by molar-refractivity contribution is -0.122. The number of halogens is 2. The zero-order chi connectivity index (χ0) is 22.3. The third-order valence-electron chi connectivity index (χ3n) is 5.56. The van der Waals surface area contributed by atoms with Crippen LogP contribution in [0.2, 0.25) is 10.0 Å². The number of rotatable bonds is 3. The summed E-state index contributed by atoms with van der Waals surface area (Å²) >= 11 is 13.6. The van der Waals surface area contributed by atoms with Crippen LogP contribution in [-0.4, -0.2) is 36.3 Å². The van der Waals surface area contributed by atoms with Gasteiger partial charge in [-0.05, 0) is 55.7 Å². The molecule has 0 bridgehead atoms. The van der Waals surface area contributed by atoms with Gasteiger partial charge in [-0.25, -0.2) is 8.42 Å². The maximum Gasteiger partial charge on any atom is 0.251 e. The molecule has 0 spiro atoms. The molecular formula is C21H21Cl2N3O3S2. The van der Waals surface area contributed by atoms with Gasteiger partial charge in [0.1, 0.15) is 0 Å². The van der Waals surface area contributed by atoms with E-state index in [0.717, 1.165) is 15.8 Å². The van der Waals surface area contributed by atoms with Gasteiger partial charge in [-0.15, -0.1) is 0 Å². The molecule has 1 saturated heterocycles. The summed E-state index contributed by atoms with van der Waals surface area (Å²) in [6.45, 7) is 2.55. The molecule has 1 aliphatic rings. The molecule has 0 aliphatic carbocycles. The van der Waals surface area contributed by atoms with E-state index in [1.54, 1.807) is 12.1 Å². The largest absolute Gasteiger partial charge is 0.319 e. The highest BCUT2D eigenvalue weighted by atomic mass is 35.5. The Balaban J connectivity index is 1.52. The van der Waals surface area contributed by atoms with E-state index in [4.69, 9.17) is 23.2 Å². The Kier molecular flexibility index (Phi) is 6.29. The second-order valence-electron chi connectivity index (χ2n) is 7.57. The summed E-state index contributed by atoms with van der Waals surface area (Å²) in [6.07, 6.45) is 0.868. The van der Waals surface area contributed by atoms with Gasteiger partial charge in [0.15, 0.2) is 4.80 Å². The van der Waals surface area contributed by atoms with Gasteiger partial charge >= 0.3 is 0 Å². The Labute approximate surface area is 194 Å². The summed E-state index contributed by atoms with van der Waals surface area (Å²) in [4.78, 5) is 18.0. The maximum absolute atomic E-state index is 12.8. The van der Waals surface area contributed by atoms with Crippen molar-refractivity contribution in [2.45, 2.75) is 24.7 Å². The fourth-order valence-electron chi connectivity index (χ4n) is 3.80. The van der Waals surface area contributed by atoms with Crippen LogP contribution in [0.1, 0.15) is 18.4 Å². The van der Waals surface area contributed by atoms with E-state index in [1.807, 2.05) is 30.7 Å². The van der Waals surface area contributed by atoms with Crippen LogP contribution in [0, 0.1) is 12.8 Å². The van der Waals surface area contributed by atoms with E-state index in [0.29, 0.717) is 27.7 Å². The van der Waals surface area contributed by atoms with Gasteiger partial charge in [0, 0.05) is 31.1 Å². The molecule has 1 fully saturated rings. The van der Waals surface area contributed by atoms with Crippen molar-refractivity contribution in [3.63, 3.8) is 0 Å². The minimum Gasteiger partial charge on any atom is -0.319 e. The van der Waals surface area contributed by atoms with Gasteiger partial charge in [-0.1, -0.05) is 40.6 Å². The molecule has 0 radical (unpaired) electrons. The molecule has 10 heteroatoms. The highest BCUT2D eigenvalue weighted by Gasteiger charge is 2.32. The number of carbonyl (C=O) groups is 1. The third kappa shape index (κ3) is 4.32. The average Bonchev–Trinajstić information content (AvgIpc) is 3.08. The standard InChI is InChI=1S/C21H21Cl2N3O3S2/c1-13-3-8-17(23)19-18(13)25(2)21(30-19)24-20(27)14-9-11-26(12-10-14)31(28,29)16-6-4-15(22)5-7-16/h3-8,14H,9-12H2,1-2H3. The van der Waals surface area contributed by atoms with E-state index in [1.165, 1.54) is 27.8 Å². The number of hydrogen-bond donors (Lipinski definition) is 0. The van der Waals surface area contributed by atoms with Crippen LogP contribution in [0.15, 0.2) is 46.3 Å². The second kappa shape index (κ2) is 8.67. The van der Waals surface area contributed by atoms with Crippen molar-refractivity contribution in [3.05, 3.63) is 56.8 Å². The monoisotopic (exact) mass is 497 g/mol. The van der Waals surface area contributed by atoms with Gasteiger partial charge in [0.05, 0.1) is 20.1 Å². The number of aryl methyl sites for hydroxylation is 2. The summed E-state index contributed by atoms with van der Waals surface area (Å²) in [5, 5.41) is 1.12. The van der Waals surface area contributed by atoms with Gasteiger partial charge in [-0.3, -0.25) is 4.79 Å². The fraction of sp³-hybridized carbons (Fsp3) is 0.333. The molecule has 0 atom stereocenters. The van der Waals surface area contributed by atoms with E-state index >= 15 is 0 Å². The summed E-state index contributed by atoms with van der Waals surface area (Å²) in [5.41, 5.74) is 2.03. The molecule has 164 valence electrons. The Morgan fingerprint density at radius 3 is 2.35 bits per heavy atom. The smallest absolute Gasteiger partial charge is 0.251 e. The number of fused-ring (bicyclic) bond motifs is 1. The molecule has 1 amide bonds. The molecular weight excluding hydrogens is 477 g/mol. The van der Waals surface area contributed by atoms with Gasteiger partial charge < -0.3 is 4.57 Å². The highest BCUT2D eigenvalue weighted by Crippen LogP contribution is 2.29. The molecule has 0 N–H and O–H groups in total. The SMILES string of the molecule is Cc1ccc(Cl)c2sc(=NC(=O)C3CCN(S(=O)(=O)c4ccc(Cl)cc4)CC3)n(C)c12. The zero-order valence-electron chi connectivity index (χ0n) is 17.0. The van der Waals surface area contributed by atoms with E-state index < -0.39 is 10.0 Å². The Bertz CT molecular complexity index is 1320. The molecule has 0 saturated carbocycles. The van der Waals surface area contributed by atoms with Crippen molar-refractivity contribution in [2.75, 3.05) is 13.1 Å².